The number of halogens is 5. The van der Waals surface area contributed by atoms with E-state index in [0.717, 1.165) is 4.90 Å². The topological polar surface area (TPSA) is 119 Å². The number of carbonyl (C=O) groups excluding carboxylic acids is 1. The van der Waals surface area contributed by atoms with Crippen LogP contribution in [0.3, 0.4) is 0 Å². The van der Waals surface area contributed by atoms with Gasteiger partial charge in [-0.3, -0.25) is 9.69 Å². The zero-order chi connectivity index (χ0) is 25.3. The van der Waals surface area contributed by atoms with Crippen LogP contribution in [0.25, 0.3) is 0 Å². The van der Waals surface area contributed by atoms with Gasteiger partial charge in [0.1, 0.15) is 11.5 Å². The van der Waals surface area contributed by atoms with Crippen molar-refractivity contribution in [1.29, 1.82) is 0 Å². The molecule has 3 N–H and O–H groups in total. The van der Waals surface area contributed by atoms with Crippen LogP contribution in [0.1, 0.15) is 49.0 Å². The van der Waals surface area contributed by atoms with E-state index in [-0.39, 0.29) is 56.0 Å². The Morgan fingerprint density at radius 2 is 1.94 bits per heavy atom. The van der Waals surface area contributed by atoms with Gasteiger partial charge in [0.25, 0.3) is 5.92 Å². The first-order valence-corrected chi connectivity index (χ1v) is 10.8. The summed E-state index contributed by atoms with van der Waals surface area (Å²) in [6.45, 7) is -0.506. The first-order valence-electron chi connectivity index (χ1n) is 10.8. The number of alkyl halides is 5. The second-order valence-electron chi connectivity index (χ2n) is 8.51. The van der Waals surface area contributed by atoms with Gasteiger partial charge in [-0.2, -0.15) is 13.2 Å². The fraction of sp³-hybridized carbons (Fsp3) is 0.700. The number of likely N-dealkylation sites (tertiary alicyclic amines) is 1. The average Bonchev–Trinajstić information content (AvgIpc) is 2.74. The van der Waals surface area contributed by atoms with E-state index in [1.54, 1.807) is 6.92 Å². The molecule has 14 heteroatoms. The molecule has 0 radical (unpaired) electrons. The fourth-order valence-corrected chi connectivity index (χ4v) is 4.28. The number of amides is 2. The number of fused-ring (bicyclic) bond motifs is 1. The third-order valence-electron chi connectivity index (χ3n) is 6.01. The maximum absolute atomic E-state index is 13.9. The minimum absolute atomic E-state index is 0.0325. The minimum Gasteiger partial charge on any atom is -0.465 e. The Bertz CT molecular complexity index is 945. The highest BCUT2D eigenvalue weighted by atomic mass is 19.4. The molecule has 3 rings (SSSR count). The molecule has 1 fully saturated rings. The van der Waals surface area contributed by atoms with Crippen molar-refractivity contribution in [3.8, 4) is 0 Å². The second kappa shape index (κ2) is 9.56. The number of carboxylic acid groups (broad SMARTS) is 1. The van der Waals surface area contributed by atoms with E-state index in [1.165, 1.54) is 4.90 Å². The molecule has 9 nitrogen and oxygen atoms in total. The van der Waals surface area contributed by atoms with Crippen LogP contribution in [0.4, 0.5) is 26.7 Å². The molecular formula is C20H26F5N5O4. The summed E-state index contributed by atoms with van der Waals surface area (Å²) in [6.07, 6.45) is -7.43. The summed E-state index contributed by atoms with van der Waals surface area (Å²) in [4.78, 5) is 33.1. The number of rotatable bonds is 7. The summed E-state index contributed by atoms with van der Waals surface area (Å²) in [7, 11) is 0. The summed E-state index contributed by atoms with van der Waals surface area (Å²) < 4.78 is 68.5. The van der Waals surface area contributed by atoms with Gasteiger partial charge in [0.05, 0.1) is 18.8 Å². The van der Waals surface area contributed by atoms with Crippen molar-refractivity contribution >= 4 is 12.0 Å². The van der Waals surface area contributed by atoms with Crippen LogP contribution in [0.15, 0.2) is 0 Å². The molecule has 0 saturated carbocycles. The Balaban J connectivity index is 1.91. The molecular weight excluding hydrogens is 469 g/mol. The first kappa shape index (κ1) is 26.0. The Morgan fingerprint density at radius 3 is 2.56 bits per heavy atom. The number of piperidine rings is 1. The second-order valence-corrected chi connectivity index (χ2v) is 8.51. The lowest BCUT2D eigenvalue weighted by Gasteiger charge is -2.46. The zero-order valence-corrected chi connectivity index (χ0v) is 18.5. The number of hydrogen-bond acceptors (Lipinski definition) is 6. The monoisotopic (exact) mass is 495 g/mol. The molecule has 0 aliphatic carbocycles. The normalized spacial score (nSPS) is 20.6. The van der Waals surface area contributed by atoms with Crippen molar-refractivity contribution in [3.05, 3.63) is 22.8 Å². The van der Waals surface area contributed by atoms with Gasteiger partial charge in [0, 0.05) is 50.9 Å². The summed E-state index contributed by atoms with van der Waals surface area (Å²) in [5, 5.41) is 22.4. The molecule has 1 aromatic heterocycles. The predicted molar refractivity (Wildman–Crippen MR) is 107 cm³/mol. The van der Waals surface area contributed by atoms with Crippen LogP contribution in [0.5, 0.6) is 0 Å². The van der Waals surface area contributed by atoms with Crippen molar-refractivity contribution in [2.24, 2.45) is 0 Å². The Labute approximate surface area is 192 Å². The molecule has 190 valence electrons. The molecule has 1 saturated heterocycles. The molecule has 1 aromatic rings. The van der Waals surface area contributed by atoms with Gasteiger partial charge >= 0.3 is 12.3 Å². The zero-order valence-electron chi connectivity index (χ0n) is 18.5. The Kier molecular flexibility index (Phi) is 7.31. The maximum atomic E-state index is 13.9. The highest BCUT2D eigenvalue weighted by molar-refractivity contribution is 5.77. The van der Waals surface area contributed by atoms with Crippen molar-refractivity contribution in [1.82, 2.24) is 25.1 Å². The van der Waals surface area contributed by atoms with E-state index in [1.807, 2.05) is 0 Å². The number of β-amino-alcohol motifs (C(OH)–C–C–N with tert-alkyl or cyclic N) is 1. The molecule has 1 unspecified atom stereocenters. The van der Waals surface area contributed by atoms with Gasteiger partial charge in [-0.15, -0.1) is 0 Å². The lowest BCUT2D eigenvalue weighted by atomic mass is 9.96. The highest BCUT2D eigenvalue weighted by Gasteiger charge is 2.46. The van der Waals surface area contributed by atoms with E-state index in [4.69, 9.17) is 5.11 Å². The molecule has 0 spiro atoms. The fourth-order valence-electron chi connectivity index (χ4n) is 4.28. The van der Waals surface area contributed by atoms with Gasteiger partial charge in [-0.25, -0.2) is 23.5 Å². The molecule has 2 aliphatic rings. The quantitative estimate of drug-likeness (QED) is 0.496. The number of hydrogen-bond donors (Lipinski definition) is 3. The smallest absolute Gasteiger partial charge is 0.433 e. The van der Waals surface area contributed by atoms with Gasteiger partial charge in [0.2, 0.25) is 5.91 Å². The lowest BCUT2D eigenvalue weighted by Crippen LogP contribution is -2.61. The maximum Gasteiger partial charge on any atom is 0.433 e. The molecule has 1 atom stereocenters. The number of nitrogens with one attached hydrogen (secondary N) is 1. The number of nitrogens with zero attached hydrogens (tertiary/aromatic N) is 4. The van der Waals surface area contributed by atoms with E-state index < -0.39 is 61.4 Å². The van der Waals surface area contributed by atoms with Gasteiger partial charge < -0.3 is 20.4 Å². The number of aryl methyl sites for hydroxylation is 1. The standard InChI is InChI=1S/C20H26F5N5O4/c1-2-14-27-13-9-30(8-4-12(13)16(28-14)20(23,24)25)19(34,6-7-26-17(32)33)11-29-10-18(21,22)5-3-15(29)31/h26,34H,2-11H2,1H3,(H,32,33). The number of carbonyl (C=O) groups is 2. The van der Waals surface area contributed by atoms with Gasteiger partial charge in [0.15, 0.2) is 5.69 Å². The largest absolute Gasteiger partial charge is 0.465 e. The van der Waals surface area contributed by atoms with Crippen LogP contribution >= 0.6 is 0 Å². The third-order valence-corrected chi connectivity index (χ3v) is 6.01. The van der Waals surface area contributed by atoms with E-state index in [0.29, 0.717) is 0 Å². The highest BCUT2D eigenvalue weighted by Crippen LogP contribution is 2.36. The van der Waals surface area contributed by atoms with E-state index >= 15 is 0 Å². The van der Waals surface area contributed by atoms with Crippen molar-refractivity contribution in [2.45, 2.75) is 63.4 Å². The summed E-state index contributed by atoms with van der Waals surface area (Å²) >= 11 is 0. The van der Waals surface area contributed by atoms with Gasteiger partial charge in [-0.05, 0) is 6.42 Å². The number of aliphatic hydroxyl groups is 1. The Hall–Kier alpha value is -2.61. The van der Waals surface area contributed by atoms with E-state index in [2.05, 4.69) is 15.3 Å². The number of aromatic nitrogens is 2. The van der Waals surface area contributed by atoms with Crippen LogP contribution in [-0.2, 0) is 30.4 Å². The van der Waals surface area contributed by atoms with Crippen molar-refractivity contribution in [3.63, 3.8) is 0 Å². The van der Waals surface area contributed by atoms with Crippen molar-refractivity contribution in [2.75, 3.05) is 26.2 Å². The molecule has 2 amide bonds. The van der Waals surface area contributed by atoms with Gasteiger partial charge in [-0.1, -0.05) is 6.92 Å². The first-order chi connectivity index (χ1) is 15.7. The van der Waals surface area contributed by atoms with Crippen LogP contribution in [-0.4, -0.2) is 79.8 Å². The third kappa shape index (κ3) is 5.90. The average molecular weight is 495 g/mol. The molecule has 0 aromatic carbocycles. The van der Waals surface area contributed by atoms with E-state index in [9.17, 15) is 36.6 Å². The minimum atomic E-state index is -4.70. The Morgan fingerprint density at radius 1 is 1.24 bits per heavy atom. The van der Waals surface area contributed by atoms with Crippen LogP contribution in [0.2, 0.25) is 0 Å². The van der Waals surface area contributed by atoms with Crippen molar-refractivity contribution < 1.29 is 41.8 Å². The summed E-state index contributed by atoms with van der Waals surface area (Å²) in [5.74, 6) is -3.77. The van der Waals surface area contributed by atoms with Crippen LogP contribution in [0, 0.1) is 0 Å². The van der Waals surface area contributed by atoms with Crippen LogP contribution < -0.4 is 5.32 Å². The SMILES string of the molecule is CCc1nc2c(c(C(F)(F)F)n1)CCN(C(O)(CCNC(=O)O)CN1CC(F)(F)CCC1=O)C2. The molecule has 0 bridgehead atoms. The summed E-state index contributed by atoms with van der Waals surface area (Å²) in [6, 6.07) is 0. The predicted octanol–water partition coefficient (Wildman–Crippen LogP) is 2.02. The molecule has 3 heterocycles. The lowest BCUT2D eigenvalue weighted by molar-refractivity contribution is -0.172. The summed E-state index contributed by atoms with van der Waals surface area (Å²) in [5.41, 5.74) is -3.09. The molecule has 2 aliphatic heterocycles. The molecule has 34 heavy (non-hydrogen) atoms.